The van der Waals surface area contributed by atoms with E-state index in [9.17, 15) is 5.11 Å². The number of pyridine rings is 1. The molecule has 1 heterocycles. The Labute approximate surface area is 115 Å². The number of rotatable bonds is 8. The van der Waals surface area contributed by atoms with E-state index in [2.05, 4.69) is 9.88 Å². The van der Waals surface area contributed by atoms with Crippen LogP contribution in [0.5, 0.6) is 0 Å². The third kappa shape index (κ3) is 4.48. The maximum atomic E-state index is 9.69. The normalized spacial score (nSPS) is 16.4. The van der Waals surface area contributed by atoms with Crippen molar-refractivity contribution in [2.75, 3.05) is 31.7 Å². The topological polar surface area (TPSA) is 45.6 Å². The molecule has 0 unspecified atom stereocenters. The van der Waals surface area contributed by atoms with Gasteiger partial charge in [0.1, 0.15) is 0 Å². The monoisotopic (exact) mass is 264 g/mol. The molecule has 1 aliphatic carbocycles. The van der Waals surface area contributed by atoms with Crippen LogP contribution in [-0.2, 0) is 4.74 Å². The summed E-state index contributed by atoms with van der Waals surface area (Å²) in [4.78, 5) is 6.43. The van der Waals surface area contributed by atoms with Gasteiger partial charge in [-0.3, -0.25) is 4.98 Å². The van der Waals surface area contributed by atoms with Crippen LogP contribution in [0.1, 0.15) is 38.0 Å². The third-order valence-corrected chi connectivity index (χ3v) is 3.56. The highest BCUT2D eigenvalue weighted by atomic mass is 16.5. The molecule has 1 aliphatic rings. The molecule has 0 spiro atoms. The lowest BCUT2D eigenvalue weighted by Gasteiger charge is -2.19. The van der Waals surface area contributed by atoms with Crippen LogP contribution in [0.3, 0.4) is 0 Å². The molecule has 4 heteroatoms. The van der Waals surface area contributed by atoms with E-state index in [-0.39, 0.29) is 0 Å². The van der Waals surface area contributed by atoms with Gasteiger partial charge in [0, 0.05) is 20.2 Å². The lowest BCUT2D eigenvalue weighted by molar-refractivity contribution is 0.131. The number of hydrogen-bond acceptors (Lipinski definition) is 4. The summed E-state index contributed by atoms with van der Waals surface area (Å²) >= 11 is 0. The molecule has 0 amide bonds. The molecule has 4 nitrogen and oxygen atoms in total. The van der Waals surface area contributed by atoms with E-state index in [0.717, 1.165) is 37.1 Å². The zero-order valence-corrected chi connectivity index (χ0v) is 11.9. The summed E-state index contributed by atoms with van der Waals surface area (Å²) < 4.78 is 5.63. The van der Waals surface area contributed by atoms with Crippen molar-refractivity contribution in [3.05, 3.63) is 24.0 Å². The predicted molar refractivity (Wildman–Crippen MR) is 76.3 cm³/mol. The number of aliphatic hydroxyl groups is 1. The fourth-order valence-electron chi connectivity index (χ4n) is 1.89. The fourth-order valence-corrected chi connectivity index (χ4v) is 1.89. The van der Waals surface area contributed by atoms with Gasteiger partial charge in [-0.2, -0.15) is 0 Å². The number of aromatic nitrogens is 1. The van der Waals surface area contributed by atoms with Gasteiger partial charge in [0.15, 0.2) is 0 Å². The summed E-state index contributed by atoms with van der Waals surface area (Å²) in [6.07, 6.45) is 4.72. The number of ether oxygens (including phenoxy) is 1. The zero-order valence-electron chi connectivity index (χ0n) is 11.9. The van der Waals surface area contributed by atoms with Gasteiger partial charge >= 0.3 is 0 Å². The van der Waals surface area contributed by atoms with Gasteiger partial charge in [0.25, 0.3) is 0 Å². The molecule has 106 valence electrons. The van der Waals surface area contributed by atoms with Crippen molar-refractivity contribution in [1.82, 2.24) is 4.98 Å². The van der Waals surface area contributed by atoms with Crippen LogP contribution in [0, 0.1) is 5.92 Å². The molecule has 19 heavy (non-hydrogen) atoms. The molecule has 1 aromatic rings. The maximum absolute atomic E-state index is 9.69. The van der Waals surface area contributed by atoms with Crippen LogP contribution in [0.15, 0.2) is 18.3 Å². The molecule has 0 saturated heterocycles. The highest BCUT2D eigenvalue weighted by molar-refractivity contribution is 5.43. The van der Waals surface area contributed by atoms with Crippen molar-refractivity contribution in [2.45, 2.75) is 32.3 Å². The standard InChI is InChI=1S/C15H24N2O2/c1-3-15(18)14-7-6-13(10-16-14)17(2)8-9-19-11-12-4-5-12/h6-7,10,12,15,18H,3-5,8-9,11H2,1-2H3/t15-/m0/s1. The van der Waals surface area contributed by atoms with Crippen LogP contribution in [-0.4, -0.2) is 36.9 Å². The number of likely N-dealkylation sites (N-methyl/N-ethyl adjacent to an activating group) is 1. The Morgan fingerprint density at radius 2 is 2.26 bits per heavy atom. The molecule has 0 bridgehead atoms. The highest BCUT2D eigenvalue weighted by Crippen LogP contribution is 2.28. The minimum absolute atomic E-state index is 0.457. The van der Waals surface area contributed by atoms with E-state index in [1.165, 1.54) is 12.8 Å². The second kappa shape index (κ2) is 6.87. The van der Waals surface area contributed by atoms with Crippen molar-refractivity contribution >= 4 is 5.69 Å². The fraction of sp³-hybridized carbons (Fsp3) is 0.667. The van der Waals surface area contributed by atoms with Crippen LogP contribution in [0.4, 0.5) is 5.69 Å². The molecule has 1 atom stereocenters. The van der Waals surface area contributed by atoms with Crippen molar-refractivity contribution < 1.29 is 9.84 Å². The van der Waals surface area contributed by atoms with Gasteiger partial charge in [-0.25, -0.2) is 0 Å². The molecular weight excluding hydrogens is 240 g/mol. The van der Waals surface area contributed by atoms with Gasteiger partial charge in [-0.15, -0.1) is 0 Å². The predicted octanol–water partition coefficient (Wildman–Crippen LogP) is 2.39. The van der Waals surface area contributed by atoms with E-state index in [1.807, 2.05) is 32.3 Å². The number of anilines is 1. The van der Waals surface area contributed by atoms with Crippen molar-refractivity contribution in [3.63, 3.8) is 0 Å². The van der Waals surface area contributed by atoms with Gasteiger partial charge in [0.05, 0.1) is 30.3 Å². The van der Waals surface area contributed by atoms with Crippen LogP contribution >= 0.6 is 0 Å². The Morgan fingerprint density at radius 1 is 1.47 bits per heavy atom. The summed E-state index contributed by atoms with van der Waals surface area (Å²) in [5.74, 6) is 0.821. The average molecular weight is 264 g/mol. The maximum Gasteiger partial charge on any atom is 0.0957 e. The van der Waals surface area contributed by atoms with E-state index in [1.54, 1.807) is 0 Å². The molecule has 0 radical (unpaired) electrons. The largest absolute Gasteiger partial charge is 0.387 e. The van der Waals surface area contributed by atoms with E-state index in [4.69, 9.17) is 4.74 Å². The Balaban J connectivity index is 1.75. The molecule has 1 saturated carbocycles. The van der Waals surface area contributed by atoms with E-state index < -0.39 is 6.10 Å². The van der Waals surface area contributed by atoms with Crippen molar-refractivity contribution in [2.24, 2.45) is 5.92 Å². The summed E-state index contributed by atoms with van der Waals surface area (Å²) in [6, 6.07) is 3.90. The second-order valence-electron chi connectivity index (χ2n) is 5.31. The van der Waals surface area contributed by atoms with Crippen LogP contribution in [0.25, 0.3) is 0 Å². The Kier molecular flexibility index (Phi) is 5.16. The van der Waals surface area contributed by atoms with Gasteiger partial charge < -0.3 is 14.7 Å². The van der Waals surface area contributed by atoms with Gasteiger partial charge in [-0.05, 0) is 37.3 Å². The summed E-state index contributed by atoms with van der Waals surface area (Å²) in [7, 11) is 2.04. The lowest BCUT2D eigenvalue weighted by Crippen LogP contribution is -2.23. The molecule has 1 fully saturated rings. The Bertz CT molecular complexity index is 376. The van der Waals surface area contributed by atoms with Gasteiger partial charge in [-0.1, -0.05) is 6.92 Å². The average Bonchev–Trinajstić information content (AvgIpc) is 3.27. The lowest BCUT2D eigenvalue weighted by atomic mass is 10.2. The van der Waals surface area contributed by atoms with E-state index in [0.29, 0.717) is 6.42 Å². The zero-order chi connectivity index (χ0) is 13.7. The van der Waals surface area contributed by atoms with E-state index >= 15 is 0 Å². The van der Waals surface area contributed by atoms with Crippen molar-refractivity contribution in [3.8, 4) is 0 Å². The first-order valence-electron chi connectivity index (χ1n) is 7.13. The summed E-state index contributed by atoms with van der Waals surface area (Å²) in [5.41, 5.74) is 1.80. The first kappa shape index (κ1) is 14.3. The second-order valence-corrected chi connectivity index (χ2v) is 5.31. The number of hydrogen-bond donors (Lipinski definition) is 1. The van der Waals surface area contributed by atoms with Crippen molar-refractivity contribution in [1.29, 1.82) is 0 Å². The molecule has 1 aromatic heterocycles. The third-order valence-electron chi connectivity index (χ3n) is 3.56. The molecule has 2 rings (SSSR count). The molecule has 0 aliphatic heterocycles. The molecule has 0 aromatic carbocycles. The smallest absolute Gasteiger partial charge is 0.0957 e. The molecular formula is C15H24N2O2. The van der Waals surface area contributed by atoms with Crippen LogP contribution < -0.4 is 4.90 Å². The quantitative estimate of drug-likeness (QED) is 0.732. The summed E-state index contributed by atoms with van der Waals surface area (Å²) in [6.45, 7) is 4.48. The minimum Gasteiger partial charge on any atom is -0.387 e. The SMILES string of the molecule is CC[C@H](O)c1ccc(N(C)CCOCC2CC2)cn1. The van der Waals surface area contributed by atoms with Crippen LogP contribution in [0.2, 0.25) is 0 Å². The number of nitrogens with zero attached hydrogens (tertiary/aromatic N) is 2. The summed E-state index contributed by atoms with van der Waals surface area (Å²) in [5, 5.41) is 9.69. The van der Waals surface area contributed by atoms with Gasteiger partial charge in [0.2, 0.25) is 0 Å². The molecule has 1 N–H and O–H groups in total. The Morgan fingerprint density at radius 3 is 2.84 bits per heavy atom. The first-order chi connectivity index (χ1) is 9.20. The first-order valence-corrected chi connectivity index (χ1v) is 7.13. The minimum atomic E-state index is -0.457. The number of aliphatic hydroxyl groups excluding tert-OH is 1. The highest BCUT2D eigenvalue weighted by Gasteiger charge is 2.20. The Hall–Kier alpha value is -1.13.